The third-order valence-corrected chi connectivity index (χ3v) is 11.6. The van der Waals surface area contributed by atoms with Gasteiger partial charge in [0.25, 0.3) is 0 Å². The van der Waals surface area contributed by atoms with Gasteiger partial charge in [-0.15, -0.1) is 46.2 Å². The highest BCUT2D eigenvalue weighted by molar-refractivity contribution is 8.01. The van der Waals surface area contributed by atoms with Gasteiger partial charge in [0, 0.05) is 32.6 Å². The zero-order chi connectivity index (χ0) is 27.3. The maximum atomic E-state index is 4.68. The molecule has 198 valence electrons. The maximum absolute atomic E-state index is 4.68. The minimum atomic E-state index is 0.408. The fourth-order valence-electron chi connectivity index (χ4n) is 4.46. The summed E-state index contributed by atoms with van der Waals surface area (Å²) in [4.78, 5) is 11.8. The molecule has 0 radical (unpaired) electrons. The topological polar surface area (TPSA) is 25.8 Å². The molecule has 0 aliphatic carbocycles. The van der Waals surface area contributed by atoms with Crippen LogP contribution >= 0.6 is 46.2 Å². The molecule has 0 aliphatic rings. The lowest BCUT2D eigenvalue weighted by Crippen LogP contribution is -1.88. The van der Waals surface area contributed by atoms with Crippen molar-refractivity contribution in [3.05, 3.63) is 133 Å². The van der Waals surface area contributed by atoms with Crippen molar-refractivity contribution in [2.24, 2.45) is 0 Å². The van der Waals surface area contributed by atoms with Crippen LogP contribution in [0.3, 0.4) is 0 Å². The largest absolute Gasteiger partial charge is 0.255 e. The van der Waals surface area contributed by atoms with E-state index in [1.165, 1.54) is 40.4 Å². The average molecular weight is 593 g/mol. The van der Waals surface area contributed by atoms with E-state index < -0.39 is 0 Å². The predicted octanol–water partition coefficient (Wildman–Crippen LogP) is 11.3. The molecule has 2 atom stereocenters. The summed E-state index contributed by atoms with van der Waals surface area (Å²) >= 11 is 7.48. The number of pyridine rings is 2. The van der Waals surface area contributed by atoms with Gasteiger partial charge in [-0.25, -0.2) is 0 Å². The summed E-state index contributed by atoms with van der Waals surface area (Å²) in [6, 6.07) is 38.7. The molecule has 4 aromatic heterocycles. The van der Waals surface area contributed by atoms with Crippen molar-refractivity contribution in [2.75, 3.05) is 0 Å². The van der Waals surface area contributed by atoms with Crippen molar-refractivity contribution < 1.29 is 0 Å². The van der Waals surface area contributed by atoms with Crippen molar-refractivity contribution in [1.82, 2.24) is 9.97 Å². The van der Waals surface area contributed by atoms with Crippen molar-refractivity contribution in [1.29, 1.82) is 0 Å². The Morgan fingerprint density at radius 1 is 0.525 bits per heavy atom. The molecule has 2 unspecified atom stereocenters. The van der Waals surface area contributed by atoms with E-state index in [-0.39, 0.29) is 0 Å². The van der Waals surface area contributed by atoms with E-state index in [0.29, 0.717) is 10.5 Å². The van der Waals surface area contributed by atoms with E-state index in [1.54, 1.807) is 0 Å². The molecule has 0 N–H and O–H groups in total. The van der Waals surface area contributed by atoms with Gasteiger partial charge in [-0.3, -0.25) is 9.97 Å². The van der Waals surface area contributed by atoms with Crippen LogP contribution in [-0.4, -0.2) is 9.97 Å². The van der Waals surface area contributed by atoms with E-state index in [0.717, 1.165) is 11.4 Å². The monoisotopic (exact) mass is 592 g/mol. The summed E-state index contributed by atoms with van der Waals surface area (Å²) in [6.07, 6.45) is 3.78. The summed E-state index contributed by atoms with van der Waals surface area (Å²) in [6.45, 7) is 4.53. The molecule has 0 fully saturated rings. The van der Waals surface area contributed by atoms with Crippen LogP contribution in [0.25, 0.3) is 32.3 Å². The predicted molar refractivity (Wildman–Crippen MR) is 176 cm³/mol. The normalized spacial score (nSPS) is 12.8. The van der Waals surface area contributed by atoms with Gasteiger partial charge < -0.3 is 0 Å². The Labute approximate surface area is 252 Å². The minimum Gasteiger partial charge on any atom is -0.255 e. The fraction of sp³-hybridized carbons (Fsp3) is 0.118. The van der Waals surface area contributed by atoms with Crippen molar-refractivity contribution >= 4 is 46.2 Å². The van der Waals surface area contributed by atoms with Crippen molar-refractivity contribution in [3.63, 3.8) is 0 Å². The molecular formula is C34H28N2S4. The van der Waals surface area contributed by atoms with E-state index in [9.17, 15) is 0 Å². The van der Waals surface area contributed by atoms with Crippen LogP contribution in [0.2, 0.25) is 0 Å². The van der Waals surface area contributed by atoms with Gasteiger partial charge >= 0.3 is 0 Å². The van der Waals surface area contributed by atoms with Gasteiger partial charge in [0.1, 0.15) is 0 Å². The van der Waals surface area contributed by atoms with Crippen LogP contribution in [0.5, 0.6) is 0 Å². The first-order chi connectivity index (χ1) is 19.6. The molecule has 4 heterocycles. The fourth-order valence-corrected chi connectivity index (χ4v) is 9.29. The SMILES string of the molecule is CC(Sc1ccc(-c2ccnc(-c3cc(-c4ccc(SC(C)c5ccccc5)s4)ccn3)c2)s1)c1ccccc1. The van der Waals surface area contributed by atoms with Crippen LogP contribution in [0.15, 0.2) is 130 Å². The smallest absolute Gasteiger partial charge is 0.0892 e. The van der Waals surface area contributed by atoms with Crippen LogP contribution in [0.4, 0.5) is 0 Å². The number of thiophene rings is 2. The summed E-state index contributed by atoms with van der Waals surface area (Å²) in [5, 5.41) is 0.815. The molecule has 40 heavy (non-hydrogen) atoms. The number of hydrogen-bond donors (Lipinski definition) is 0. The molecule has 0 bridgehead atoms. The quantitative estimate of drug-likeness (QED) is 0.156. The van der Waals surface area contributed by atoms with Crippen LogP contribution < -0.4 is 0 Å². The van der Waals surface area contributed by atoms with Gasteiger partial charge in [-0.05, 0) is 84.6 Å². The highest BCUT2D eigenvalue weighted by atomic mass is 32.2. The zero-order valence-corrected chi connectivity index (χ0v) is 25.5. The second-order valence-electron chi connectivity index (χ2n) is 9.44. The molecule has 2 nitrogen and oxygen atoms in total. The Bertz CT molecular complexity index is 1560. The number of aromatic nitrogens is 2. The lowest BCUT2D eigenvalue weighted by Gasteiger charge is -2.09. The van der Waals surface area contributed by atoms with Gasteiger partial charge in [-0.2, -0.15) is 0 Å². The number of nitrogens with zero attached hydrogens (tertiary/aromatic N) is 2. The molecule has 0 spiro atoms. The summed E-state index contributed by atoms with van der Waals surface area (Å²) in [5.74, 6) is 0. The highest BCUT2D eigenvalue weighted by Gasteiger charge is 2.13. The molecule has 0 amide bonds. The van der Waals surface area contributed by atoms with E-state index in [1.807, 2.05) is 58.6 Å². The van der Waals surface area contributed by atoms with E-state index in [4.69, 9.17) is 0 Å². The second-order valence-corrected chi connectivity index (χ2v) is 14.9. The molecule has 6 aromatic rings. The number of benzene rings is 2. The van der Waals surface area contributed by atoms with Gasteiger partial charge in [0.05, 0.1) is 19.8 Å². The minimum absolute atomic E-state index is 0.408. The molecule has 6 rings (SSSR count). The highest BCUT2D eigenvalue weighted by Crippen LogP contribution is 2.43. The summed E-state index contributed by atoms with van der Waals surface area (Å²) in [7, 11) is 0. The van der Waals surface area contributed by atoms with E-state index >= 15 is 0 Å². The van der Waals surface area contributed by atoms with E-state index in [2.05, 4.69) is 133 Å². The van der Waals surface area contributed by atoms with Crippen molar-refractivity contribution in [2.45, 2.75) is 32.8 Å². The Kier molecular flexibility index (Phi) is 8.49. The van der Waals surface area contributed by atoms with Crippen LogP contribution in [-0.2, 0) is 0 Å². The van der Waals surface area contributed by atoms with Gasteiger partial charge in [0.2, 0.25) is 0 Å². The number of rotatable bonds is 9. The molecule has 0 saturated carbocycles. The number of thioether (sulfide) groups is 2. The average Bonchev–Trinajstić information content (AvgIpc) is 3.68. The second kappa shape index (κ2) is 12.6. The third-order valence-electron chi connectivity index (χ3n) is 6.64. The lowest BCUT2D eigenvalue weighted by atomic mass is 10.1. The lowest BCUT2D eigenvalue weighted by molar-refractivity contribution is 1.10. The maximum Gasteiger partial charge on any atom is 0.0892 e. The van der Waals surface area contributed by atoms with Crippen LogP contribution in [0, 0.1) is 0 Å². The van der Waals surface area contributed by atoms with Crippen molar-refractivity contribution in [3.8, 4) is 32.3 Å². The molecule has 6 heteroatoms. The Morgan fingerprint density at radius 2 is 0.950 bits per heavy atom. The standard InChI is InChI=1S/C34H28N2S4/c1-23(25-9-5-3-6-10-25)37-33-15-13-31(39-33)27-17-19-35-29(21-27)30-22-28(18-20-36-30)32-14-16-34(40-32)38-24(2)26-11-7-4-8-12-26/h3-24H,1-2H3. The Hall–Kier alpha value is -3.16. The summed E-state index contributed by atoms with van der Waals surface area (Å²) in [5.41, 5.74) is 6.83. The number of hydrogen-bond acceptors (Lipinski definition) is 6. The first-order valence-electron chi connectivity index (χ1n) is 13.2. The Balaban J connectivity index is 1.18. The summed E-state index contributed by atoms with van der Waals surface area (Å²) < 4.78 is 2.63. The molecule has 2 aromatic carbocycles. The zero-order valence-electron chi connectivity index (χ0n) is 22.2. The molecule has 0 aliphatic heterocycles. The molecule has 0 saturated heterocycles. The van der Waals surface area contributed by atoms with Gasteiger partial charge in [-0.1, -0.05) is 60.7 Å². The molecular weight excluding hydrogens is 565 g/mol. The third kappa shape index (κ3) is 6.42. The Morgan fingerprint density at radius 3 is 1.38 bits per heavy atom. The first kappa shape index (κ1) is 27.0. The van der Waals surface area contributed by atoms with Gasteiger partial charge in [0.15, 0.2) is 0 Å². The van der Waals surface area contributed by atoms with Crippen LogP contribution in [0.1, 0.15) is 35.5 Å². The first-order valence-corrected chi connectivity index (χ1v) is 16.6.